The maximum atomic E-state index is 13.8. The van der Waals surface area contributed by atoms with Gasteiger partial charge in [0.1, 0.15) is 10.7 Å². The zero-order valence-corrected chi connectivity index (χ0v) is 13.5. The molecule has 0 atom stereocenters. The summed E-state index contributed by atoms with van der Waals surface area (Å²) in [5, 5.41) is 0.122. The number of sulfonamides is 1. The van der Waals surface area contributed by atoms with E-state index in [1.54, 1.807) is 6.07 Å². The van der Waals surface area contributed by atoms with Crippen molar-refractivity contribution in [1.82, 2.24) is 0 Å². The molecule has 122 valence electrons. The second kappa shape index (κ2) is 6.25. The molecule has 0 spiro atoms. The molecule has 0 saturated carbocycles. The molecule has 1 aliphatic rings. The second-order valence-electron chi connectivity index (χ2n) is 4.89. The number of nitrogens with one attached hydrogen (secondary N) is 1. The predicted octanol–water partition coefficient (Wildman–Crippen LogP) is 3.44. The van der Waals surface area contributed by atoms with Crippen LogP contribution in [-0.4, -0.2) is 21.6 Å². The van der Waals surface area contributed by atoms with Crippen LogP contribution in [-0.2, 0) is 10.0 Å². The van der Waals surface area contributed by atoms with Crippen LogP contribution in [0.5, 0.6) is 11.5 Å². The number of hydrogen-bond acceptors (Lipinski definition) is 4. The van der Waals surface area contributed by atoms with Crippen molar-refractivity contribution >= 4 is 27.3 Å². The molecule has 0 fully saturated rings. The molecule has 0 amide bonds. The van der Waals surface area contributed by atoms with Gasteiger partial charge in [0.2, 0.25) is 0 Å². The van der Waals surface area contributed by atoms with Crippen LogP contribution in [0.1, 0.15) is 6.42 Å². The first kappa shape index (κ1) is 15.9. The lowest BCUT2D eigenvalue weighted by atomic mass is 10.3. The Kier molecular flexibility index (Phi) is 4.32. The fourth-order valence-electron chi connectivity index (χ4n) is 2.13. The maximum Gasteiger partial charge on any atom is 0.264 e. The molecular formula is C15H13ClFNO4S. The predicted molar refractivity (Wildman–Crippen MR) is 84.3 cm³/mol. The highest BCUT2D eigenvalue weighted by molar-refractivity contribution is 7.92. The molecule has 8 heteroatoms. The Labute approximate surface area is 138 Å². The first-order valence-corrected chi connectivity index (χ1v) is 8.69. The lowest BCUT2D eigenvalue weighted by molar-refractivity contribution is 0.297. The van der Waals surface area contributed by atoms with E-state index in [9.17, 15) is 12.8 Å². The van der Waals surface area contributed by atoms with Crippen molar-refractivity contribution in [3.63, 3.8) is 0 Å². The van der Waals surface area contributed by atoms with Crippen molar-refractivity contribution in [1.29, 1.82) is 0 Å². The average molecular weight is 358 g/mol. The number of fused-ring (bicyclic) bond motifs is 1. The number of rotatable bonds is 3. The molecule has 0 bridgehead atoms. The third kappa shape index (κ3) is 3.51. The Morgan fingerprint density at radius 1 is 1.04 bits per heavy atom. The van der Waals surface area contributed by atoms with E-state index in [1.807, 2.05) is 0 Å². The fourth-order valence-corrected chi connectivity index (χ4v) is 3.40. The van der Waals surface area contributed by atoms with Crippen molar-refractivity contribution in [3.8, 4) is 11.5 Å². The highest BCUT2D eigenvalue weighted by Gasteiger charge is 2.20. The van der Waals surface area contributed by atoms with Crippen LogP contribution >= 0.6 is 11.6 Å². The summed E-state index contributed by atoms with van der Waals surface area (Å²) in [4.78, 5) is -0.478. The highest BCUT2D eigenvalue weighted by Crippen LogP contribution is 2.33. The van der Waals surface area contributed by atoms with Gasteiger partial charge in [-0.15, -0.1) is 0 Å². The lowest BCUT2D eigenvalue weighted by Crippen LogP contribution is -2.14. The summed E-state index contributed by atoms with van der Waals surface area (Å²) in [6.45, 7) is 1.02. The zero-order valence-electron chi connectivity index (χ0n) is 11.9. The van der Waals surface area contributed by atoms with Crippen LogP contribution < -0.4 is 14.2 Å². The Morgan fingerprint density at radius 3 is 2.52 bits per heavy atom. The van der Waals surface area contributed by atoms with Gasteiger partial charge in [0, 0.05) is 17.5 Å². The van der Waals surface area contributed by atoms with Crippen LogP contribution in [0.3, 0.4) is 0 Å². The quantitative estimate of drug-likeness (QED) is 0.913. The Bertz CT molecular complexity index is 841. The van der Waals surface area contributed by atoms with E-state index in [4.69, 9.17) is 21.1 Å². The molecule has 5 nitrogen and oxygen atoms in total. The molecule has 0 saturated heterocycles. The number of halogens is 2. The van der Waals surface area contributed by atoms with Gasteiger partial charge in [-0.25, -0.2) is 12.8 Å². The third-order valence-corrected chi connectivity index (χ3v) is 4.83. The van der Waals surface area contributed by atoms with Gasteiger partial charge < -0.3 is 9.47 Å². The van der Waals surface area contributed by atoms with E-state index in [-0.39, 0.29) is 10.7 Å². The molecule has 1 N–H and O–H groups in total. The van der Waals surface area contributed by atoms with Crippen LogP contribution in [0.25, 0.3) is 0 Å². The van der Waals surface area contributed by atoms with E-state index in [1.165, 1.54) is 18.2 Å². The van der Waals surface area contributed by atoms with Gasteiger partial charge in [0.05, 0.1) is 18.9 Å². The molecule has 0 aliphatic carbocycles. The van der Waals surface area contributed by atoms with Crippen molar-refractivity contribution in [3.05, 3.63) is 47.2 Å². The molecule has 2 aromatic rings. The first-order valence-electron chi connectivity index (χ1n) is 6.83. The monoisotopic (exact) mass is 357 g/mol. The summed E-state index contributed by atoms with van der Waals surface area (Å²) < 4.78 is 51.7. The second-order valence-corrected chi connectivity index (χ2v) is 6.98. The van der Waals surface area contributed by atoms with Crippen molar-refractivity contribution < 1.29 is 22.3 Å². The van der Waals surface area contributed by atoms with E-state index in [0.29, 0.717) is 24.7 Å². The van der Waals surface area contributed by atoms with E-state index < -0.39 is 20.7 Å². The van der Waals surface area contributed by atoms with E-state index in [0.717, 1.165) is 18.6 Å². The first-order chi connectivity index (χ1) is 11.0. The largest absolute Gasteiger partial charge is 0.490 e. The molecule has 0 radical (unpaired) electrons. The molecule has 2 aromatic carbocycles. The minimum absolute atomic E-state index is 0.122. The van der Waals surface area contributed by atoms with Crippen LogP contribution in [0.15, 0.2) is 41.3 Å². The third-order valence-electron chi connectivity index (χ3n) is 3.18. The van der Waals surface area contributed by atoms with Gasteiger partial charge in [-0.3, -0.25) is 4.72 Å². The van der Waals surface area contributed by atoms with Crippen molar-refractivity contribution in [2.45, 2.75) is 11.3 Å². The summed E-state index contributed by atoms with van der Waals surface area (Å²) in [5.41, 5.74) is 0.253. The zero-order chi connectivity index (χ0) is 16.4. The standard InChI is InChI=1S/C15H13ClFNO4S/c16-10-2-5-15(12(17)8-10)23(19,20)18-11-3-4-13-14(9-11)22-7-1-6-21-13/h2-5,8-9,18H,1,6-7H2. The van der Waals surface area contributed by atoms with E-state index in [2.05, 4.69) is 4.72 Å². The van der Waals surface area contributed by atoms with Gasteiger partial charge in [-0.1, -0.05) is 11.6 Å². The molecule has 0 unspecified atom stereocenters. The summed E-state index contributed by atoms with van der Waals surface area (Å²) in [6.07, 6.45) is 0.742. The SMILES string of the molecule is O=S(=O)(Nc1ccc2c(c1)OCCCO2)c1ccc(Cl)cc1F. The normalized spacial score (nSPS) is 14.2. The van der Waals surface area contributed by atoms with Crippen molar-refractivity contribution in [2.24, 2.45) is 0 Å². The minimum atomic E-state index is -4.08. The smallest absolute Gasteiger partial charge is 0.264 e. The Morgan fingerprint density at radius 2 is 1.78 bits per heavy atom. The molecular weight excluding hydrogens is 345 g/mol. The summed E-state index contributed by atoms with van der Waals surface area (Å²) in [7, 11) is -4.08. The van der Waals surface area contributed by atoms with Crippen LogP contribution in [0.4, 0.5) is 10.1 Å². The van der Waals surface area contributed by atoms with E-state index >= 15 is 0 Å². The van der Waals surface area contributed by atoms with Crippen LogP contribution in [0, 0.1) is 5.82 Å². The van der Waals surface area contributed by atoms with Gasteiger partial charge >= 0.3 is 0 Å². The fraction of sp³-hybridized carbons (Fsp3) is 0.200. The average Bonchev–Trinajstić information content (AvgIpc) is 2.71. The minimum Gasteiger partial charge on any atom is -0.490 e. The molecule has 1 heterocycles. The van der Waals surface area contributed by atoms with Gasteiger partial charge in [0.25, 0.3) is 10.0 Å². The van der Waals surface area contributed by atoms with Crippen LogP contribution in [0.2, 0.25) is 5.02 Å². The number of anilines is 1. The molecule has 0 aromatic heterocycles. The number of ether oxygens (including phenoxy) is 2. The molecule has 3 rings (SSSR count). The topological polar surface area (TPSA) is 64.6 Å². The summed E-state index contributed by atoms with van der Waals surface area (Å²) in [6, 6.07) is 8.02. The number of hydrogen-bond donors (Lipinski definition) is 1. The van der Waals surface area contributed by atoms with Crippen molar-refractivity contribution in [2.75, 3.05) is 17.9 Å². The molecule has 23 heavy (non-hydrogen) atoms. The maximum absolute atomic E-state index is 13.8. The highest BCUT2D eigenvalue weighted by atomic mass is 35.5. The van der Waals surface area contributed by atoms with Gasteiger partial charge in [-0.2, -0.15) is 0 Å². The Balaban J connectivity index is 1.90. The summed E-state index contributed by atoms with van der Waals surface area (Å²) in [5.74, 6) is 0.0711. The molecule has 1 aliphatic heterocycles. The lowest BCUT2D eigenvalue weighted by Gasteiger charge is -2.12. The summed E-state index contributed by atoms with van der Waals surface area (Å²) >= 11 is 5.64. The number of benzene rings is 2. The van der Waals surface area contributed by atoms with Gasteiger partial charge in [0.15, 0.2) is 11.5 Å². The van der Waals surface area contributed by atoms with Gasteiger partial charge in [-0.05, 0) is 30.3 Å². The Hall–Kier alpha value is -1.99.